The highest BCUT2D eigenvalue weighted by atomic mass is 16.6. The van der Waals surface area contributed by atoms with Crippen molar-refractivity contribution in [1.29, 1.82) is 0 Å². The van der Waals surface area contributed by atoms with Crippen molar-refractivity contribution in [3.8, 4) is 0 Å². The number of amides is 1. The number of nitro benzene ring substituents is 1. The molecule has 0 aliphatic carbocycles. The summed E-state index contributed by atoms with van der Waals surface area (Å²) in [6, 6.07) is 4.40. The van der Waals surface area contributed by atoms with Gasteiger partial charge in [0.2, 0.25) is 0 Å². The van der Waals surface area contributed by atoms with Gasteiger partial charge in [0.1, 0.15) is 5.69 Å². The monoisotopic (exact) mass is 403 g/mol. The summed E-state index contributed by atoms with van der Waals surface area (Å²) < 4.78 is 5.17. The van der Waals surface area contributed by atoms with Gasteiger partial charge in [-0.05, 0) is 49.7 Å². The normalized spacial score (nSPS) is 22.3. The molecule has 29 heavy (non-hydrogen) atoms. The number of nitro groups is 1. The highest BCUT2D eigenvalue weighted by Gasteiger charge is 2.27. The standard InChI is InChI=1S/C21H29N3O5/c1-15-10-16(2)13-23(12-15)20(25)14-29-21(26)17-6-7-18(19(11-17)24(27)28)22-8-4-3-5-9-22/h6-7,11,15-16H,3-5,8-10,12-14H2,1-2H3/t15-,16-/m0/s1. The third kappa shape index (κ3) is 5.25. The lowest BCUT2D eigenvalue weighted by Gasteiger charge is -2.34. The van der Waals surface area contributed by atoms with Crippen molar-refractivity contribution in [2.24, 2.45) is 11.8 Å². The molecule has 158 valence electrons. The van der Waals surface area contributed by atoms with E-state index in [1.54, 1.807) is 11.0 Å². The molecule has 2 aliphatic heterocycles. The first-order valence-corrected chi connectivity index (χ1v) is 10.3. The number of nitrogens with zero attached hydrogens (tertiary/aromatic N) is 3. The van der Waals surface area contributed by atoms with E-state index in [-0.39, 0.29) is 23.8 Å². The van der Waals surface area contributed by atoms with Gasteiger partial charge in [0.15, 0.2) is 6.61 Å². The second-order valence-corrected chi connectivity index (χ2v) is 8.33. The zero-order valence-corrected chi connectivity index (χ0v) is 17.1. The van der Waals surface area contributed by atoms with Gasteiger partial charge in [-0.1, -0.05) is 13.8 Å². The van der Waals surface area contributed by atoms with Crippen LogP contribution >= 0.6 is 0 Å². The molecule has 2 saturated heterocycles. The van der Waals surface area contributed by atoms with Crippen LogP contribution in [0.4, 0.5) is 11.4 Å². The summed E-state index contributed by atoms with van der Waals surface area (Å²) in [5, 5.41) is 11.5. The summed E-state index contributed by atoms with van der Waals surface area (Å²) >= 11 is 0. The van der Waals surface area contributed by atoms with Crippen LogP contribution in [0.1, 0.15) is 49.9 Å². The number of carbonyl (C=O) groups excluding carboxylic acids is 2. The molecular formula is C21H29N3O5. The largest absolute Gasteiger partial charge is 0.452 e. The van der Waals surface area contributed by atoms with Crippen molar-refractivity contribution in [2.45, 2.75) is 39.5 Å². The van der Waals surface area contributed by atoms with Crippen LogP contribution in [0.2, 0.25) is 0 Å². The zero-order chi connectivity index (χ0) is 21.0. The van der Waals surface area contributed by atoms with Crippen molar-refractivity contribution >= 4 is 23.3 Å². The van der Waals surface area contributed by atoms with E-state index >= 15 is 0 Å². The number of anilines is 1. The first-order valence-electron chi connectivity index (χ1n) is 10.3. The Morgan fingerprint density at radius 2 is 1.79 bits per heavy atom. The smallest absolute Gasteiger partial charge is 0.338 e. The van der Waals surface area contributed by atoms with Gasteiger partial charge in [-0.3, -0.25) is 14.9 Å². The number of carbonyl (C=O) groups is 2. The summed E-state index contributed by atoms with van der Waals surface area (Å²) in [5.74, 6) is -0.104. The summed E-state index contributed by atoms with van der Waals surface area (Å²) in [4.78, 5) is 39.6. The van der Waals surface area contributed by atoms with Gasteiger partial charge in [-0.25, -0.2) is 4.79 Å². The van der Waals surface area contributed by atoms with Crippen LogP contribution in [-0.4, -0.2) is 54.5 Å². The van der Waals surface area contributed by atoms with Crippen LogP contribution in [0, 0.1) is 22.0 Å². The third-order valence-electron chi connectivity index (χ3n) is 5.65. The molecule has 1 amide bonds. The van der Waals surface area contributed by atoms with Gasteiger partial charge in [0.25, 0.3) is 11.6 Å². The van der Waals surface area contributed by atoms with Crippen molar-refractivity contribution in [3.63, 3.8) is 0 Å². The number of likely N-dealkylation sites (tertiary alicyclic amines) is 1. The number of ether oxygens (including phenoxy) is 1. The van der Waals surface area contributed by atoms with E-state index in [1.165, 1.54) is 12.1 Å². The Bertz CT molecular complexity index is 766. The van der Waals surface area contributed by atoms with Gasteiger partial charge in [-0.2, -0.15) is 0 Å². The van der Waals surface area contributed by atoms with Crippen LogP contribution < -0.4 is 4.90 Å². The van der Waals surface area contributed by atoms with Crippen LogP contribution in [0.3, 0.4) is 0 Å². The molecule has 8 nitrogen and oxygen atoms in total. The predicted octanol–water partition coefficient (Wildman–Crippen LogP) is 3.25. The highest BCUT2D eigenvalue weighted by molar-refractivity contribution is 5.93. The van der Waals surface area contributed by atoms with Crippen molar-refractivity contribution in [1.82, 2.24) is 4.90 Å². The van der Waals surface area contributed by atoms with Gasteiger partial charge >= 0.3 is 5.97 Å². The molecule has 1 aromatic rings. The molecule has 0 aromatic heterocycles. The molecule has 0 N–H and O–H groups in total. The van der Waals surface area contributed by atoms with E-state index in [4.69, 9.17) is 4.74 Å². The molecule has 0 saturated carbocycles. The molecule has 0 unspecified atom stereocenters. The maximum atomic E-state index is 12.4. The Labute approximate surface area is 171 Å². The average Bonchev–Trinajstić information content (AvgIpc) is 2.71. The van der Waals surface area contributed by atoms with Crippen LogP contribution in [-0.2, 0) is 9.53 Å². The third-order valence-corrected chi connectivity index (χ3v) is 5.65. The average molecular weight is 403 g/mol. The molecule has 0 radical (unpaired) electrons. The lowest BCUT2D eigenvalue weighted by molar-refractivity contribution is -0.384. The highest BCUT2D eigenvalue weighted by Crippen LogP contribution is 2.31. The minimum atomic E-state index is -0.718. The second kappa shape index (κ2) is 9.24. The quantitative estimate of drug-likeness (QED) is 0.426. The number of rotatable bonds is 5. The Morgan fingerprint density at radius 1 is 1.14 bits per heavy atom. The van der Waals surface area contributed by atoms with E-state index in [0.717, 1.165) is 38.8 Å². The second-order valence-electron chi connectivity index (χ2n) is 8.33. The number of hydrogen-bond acceptors (Lipinski definition) is 6. The molecule has 0 bridgehead atoms. The van der Waals surface area contributed by atoms with Gasteiger partial charge < -0.3 is 14.5 Å². The minimum absolute atomic E-state index is 0.0886. The lowest BCUT2D eigenvalue weighted by Crippen LogP contribution is -2.44. The summed E-state index contributed by atoms with van der Waals surface area (Å²) in [7, 11) is 0. The Morgan fingerprint density at radius 3 is 2.41 bits per heavy atom. The Kier molecular flexibility index (Phi) is 6.71. The SMILES string of the molecule is C[C@H]1C[C@H](C)CN(C(=O)COC(=O)c2ccc(N3CCCCC3)c([N+](=O)[O-])c2)C1. The Balaban J connectivity index is 1.65. The molecule has 2 fully saturated rings. The Hall–Kier alpha value is -2.64. The van der Waals surface area contributed by atoms with Crippen molar-refractivity contribution < 1.29 is 19.2 Å². The fourth-order valence-electron chi connectivity index (χ4n) is 4.37. The first-order chi connectivity index (χ1) is 13.8. The van der Waals surface area contributed by atoms with Crippen LogP contribution in [0.5, 0.6) is 0 Å². The molecule has 2 aliphatic rings. The number of esters is 1. The summed E-state index contributed by atoms with van der Waals surface area (Å²) in [6.45, 7) is 6.72. The van der Waals surface area contributed by atoms with Crippen LogP contribution in [0.25, 0.3) is 0 Å². The van der Waals surface area contributed by atoms with E-state index < -0.39 is 10.9 Å². The molecule has 0 spiro atoms. The topological polar surface area (TPSA) is 93.0 Å². The lowest BCUT2D eigenvalue weighted by atomic mass is 9.92. The predicted molar refractivity (Wildman–Crippen MR) is 109 cm³/mol. The number of hydrogen-bond donors (Lipinski definition) is 0. The van der Waals surface area contributed by atoms with E-state index in [9.17, 15) is 19.7 Å². The summed E-state index contributed by atoms with van der Waals surface area (Å²) in [5.41, 5.74) is 0.510. The molecule has 8 heteroatoms. The summed E-state index contributed by atoms with van der Waals surface area (Å²) in [6.07, 6.45) is 4.20. The molecule has 2 atom stereocenters. The molecular weight excluding hydrogens is 374 g/mol. The van der Waals surface area contributed by atoms with Gasteiger partial charge in [0, 0.05) is 32.2 Å². The maximum absolute atomic E-state index is 12.4. The first kappa shape index (κ1) is 21.1. The molecule has 1 aromatic carbocycles. The number of benzene rings is 1. The van der Waals surface area contributed by atoms with Gasteiger partial charge in [-0.15, -0.1) is 0 Å². The maximum Gasteiger partial charge on any atom is 0.338 e. The van der Waals surface area contributed by atoms with Crippen LogP contribution in [0.15, 0.2) is 18.2 Å². The minimum Gasteiger partial charge on any atom is -0.452 e. The fourth-order valence-corrected chi connectivity index (χ4v) is 4.37. The fraction of sp³-hybridized carbons (Fsp3) is 0.619. The molecule has 3 rings (SSSR count). The zero-order valence-electron chi connectivity index (χ0n) is 17.1. The molecule has 2 heterocycles. The van der Waals surface area contributed by atoms with Crippen molar-refractivity contribution in [3.05, 3.63) is 33.9 Å². The van der Waals surface area contributed by atoms with E-state index in [2.05, 4.69) is 13.8 Å². The van der Waals surface area contributed by atoms with Gasteiger partial charge in [0.05, 0.1) is 10.5 Å². The number of piperidine rings is 2. The van der Waals surface area contributed by atoms with E-state index in [1.807, 2.05) is 4.90 Å². The van der Waals surface area contributed by atoms with E-state index in [0.29, 0.717) is 30.6 Å². The van der Waals surface area contributed by atoms with Crippen molar-refractivity contribution in [2.75, 3.05) is 37.7 Å².